The Morgan fingerprint density at radius 2 is 1.97 bits per heavy atom. The second-order valence-corrected chi connectivity index (χ2v) is 8.63. The molecule has 3 heterocycles. The summed E-state index contributed by atoms with van der Waals surface area (Å²) in [6.45, 7) is 8.24. The Hall–Kier alpha value is -2.38. The normalized spacial score (nSPS) is 20.8. The lowest BCUT2D eigenvalue weighted by Gasteiger charge is -2.35. The van der Waals surface area contributed by atoms with Crippen LogP contribution in [0.2, 0.25) is 0 Å². The number of hydrogen-bond acceptors (Lipinski definition) is 6. The third-order valence-electron chi connectivity index (χ3n) is 5.57. The Labute approximate surface area is 182 Å². The molecular weight excluding hydrogens is 397 g/mol. The maximum Gasteiger partial charge on any atom is 0.128 e. The van der Waals surface area contributed by atoms with Gasteiger partial charge < -0.3 is 9.80 Å². The van der Waals surface area contributed by atoms with Gasteiger partial charge in [0.25, 0.3) is 0 Å². The number of aromatic nitrogens is 1. The first-order valence-corrected chi connectivity index (χ1v) is 11.5. The zero-order chi connectivity index (χ0) is 21.1. The van der Waals surface area contributed by atoms with Gasteiger partial charge in [0.15, 0.2) is 0 Å². The van der Waals surface area contributed by atoms with E-state index in [4.69, 9.17) is 4.99 Å². The van der Waals surface area contributed by atoms with Crippen molar-refractivity contribution < 1.29 is 4.39 Å². The van der Waals surface area contributed by atoms with Crippen molar-refractivity contribution in [3.63, 3.8) is 0 Å². The number of thioether (sulfide) groups is 1. The van der Waals surface area contributed by atoms with Crippen molar-refractivity contribution >= 4 is 34.0 Å². The van der Waals surface area contributed by atoms with Crippen molar-refractivity contribution in [2.45, 2.75) is 12.6 Å². The van der Waals surface area contributed by atoms with Crippen LogP contribution in [-0.4, -0.2) is 67.1 Å². The average Bonchev–Trinajstić information content (AvgIpc) is 3.19. The molecule has 1 atom stereocenters. The molecule has 0 bridgehead atoms. The van der Waals surface area contributed by atoms with E-state index in [-0.39, 0.29) is 0 Å². The van der Waals surface area contributed by atoms with Gasteiger partial charge >= 0.3 is 0 Å². The topological polar surface area (TPSA) is 35.0 Å². The summed E-state index contributed by atoms with van der Waals surface area (Å²) in [6.07, 6.45) is 3.68. The van der Waals surface area contributed by atoms with Gasteiger partial charge in [-0.15, -0.1) is 11.8 Å². The molecule has 2 aromatic rings. The summed E-state index contributed by atoms with van der Waals surface area (Å²) >= 11 is 1.60. The van der Waals surface area contributed by atoms with Crippen LogP contribution in [0, 0.1) is 0 Å². The molecule has 0 amide bonds. The number of alkyl halides is 1. The molecule has 0 saturated carbocycles. The Kier molecular flexibility index (Phi) is 6.39. The SMILES string of the molecule is C=C1CN(C)CCN1c1ccc(/N=C(\SC)c2ccc(N3CCC(F)C3)nc2)cc1. The number of rotatable bonds is 4. The quantitative estimate of drug-likeness (QED) is 0.538. The Bertz CT molecular complexity index is 912. The average molecular weight is 426 g/mol. The van der Waals surface area contributed by atoms with Crippen LogP contribution < -0.4 is 9.80 Å². The van der Waals surface area contributed by atoms with Gasteiger partial charge in [-0.25, -0.2) is 14.4 Å². The van der Waals surface area contributed by atoms with Crippen molar-refractivity contribution in [3.8, 4) is 0 Å². The van der Waals surface area contributed by atoms with Crippen LogP contribution in [0.15, 0.2) is 59.9 Å². The third kappa shape index (κ3) is 4.68. The molecule has 1 aromatic heterocycles. The van der Waals surface area contributed by atoms with Gasteiger partial charge in [-0.2, -0.15) is 0 Å². The number of benzene rings is 1. The van der Waals surface area contributed by atoms with Crippen LogP contribution in [-0.2, 0) is 0 Å². The van der Waals surface area contributed by atoms with Gasteiger partial charge in [0, 0.05) is 49.3 Å². The van der Waals surface area contributed by atoms with Crippen molar-refractivity contribution in [1.82, 2.24) is 9.88 Å². The number of pyridine rings is 1. The third-order valence-corrected chi connectivity index (χ3v) is 6.29. The van der Waals surface area contributed by atoms with E-state index < -0.39 is 6.17 Å². The maximum atomic E-state index is 13.4. The minimum atomic E-state index is -0.749. The van der Waals surface area contributed by atoms with Crippen LogP contribution in [0.1, 0.15) is 12.0 Å². The van der Waals surface area contributed by atoms with E-state index in [2.05, 4.69) is 40.5 Å². The maximum absolute atomic E-state index is 13.4. The van der Waals surface area contributed by atoms with Gasteiger partial charge in [-0.1, -0.05) is 6.58 Å². The lowest BCUT2D eigenvalue weighted by molar-refractivity contribution is 0.341. The number of likely N-dealkylation sites (N-methyl/N-ethyl adjacent to an activating group) is 1. The standard InChI is InChI=1S/C23H28FN5S/c1-17-15-27(2)12-13-29(17)21-7-5-20(6-8-21)26-23(30-3)18-4-9-22(25-14-18)28-11-10-19(24)16-28/h4-9,14,19H,1,10-13,15-16H2,2-3H3/b26-23-. The molecule has 1 unspecified atom stereocenters. The second-order valence-electron chi connectivity index (χ2n) is 7.83. The summed E-state index contributed by atoms with van der Waals surface area (Å²) in [5, 5.41) is 0.913. The smallest absolute Gasteiger partial charge is 0.128 e. The molecule has 7 heteroatoms. The number of nitrogens with zero attached hydrogens (tertiary/aromatic N) is 5. The number of aliphatic imine (C=N–C) groups is 1. The van der Waals surface area contributed by atoms with E-state index in [1.165, 1.54) is 0 Å². The summed E-state index contributed by atoms with van der Waals surface area (Å²) in [5.74, 6) is 0.830. The molecule has 0 aliphatic carbocycles. The molecule has 2 aliphatic heterocycles. The molecule has 0 N–H and O–H groups in total. The molecule has 0 spiro atoms. The molecule has 2 aliphatic rings. The van der Waals surface area contributed by atoms with Crippen LogP contribution in [0.25, 0.3) is 0 Å². The molecule has 4 rings (SSSR count). The highest BCUT2D eigenvalue weighted by Gasteiger charge is 2.23. The van der Waals surface area contributed by atoms with Gasteiger partial charge in [-0.05, 0) is 56.1 Å². The van der Waals surface area contributed by atoms with Gasteiger partial charge in [0.1, 0.15) is 17.0 Å². The highest BCUT2D eigenvalue weighted by molar-refractivity contribution is 8.13. The van der Waals surface area contributed by atoms with Gasteiger partial charge in [0.05, 0.1) is 12.2 Å². The zero-order valence-corrected chi connectivity index (χ0v) is 18.4. The van der Waals surface area contributed by atoms with E-state index in [1.54, 1.807) is 11.8 Å². The molecule has 2 fully saturated rings. The van der Waals surface area contributed by atoms with E-state index in [0.29, 0.717) is 13.0 Å². The molecule has 5 nitrogen and oxygen atoms in total. The molecule has 30 heavy (non-hydrogen) atoms. The monoisotopic (exact) mass is 425 g/mol. The highest BCUT2D eigenvalue weighted by Crippen LogP contribution is 2.26. The summed E-state index contributed by atoms with van der Waals surface area (Å²) in [5.41, 5.74) is 4.15. The van der Waals surface area contributed by atoms with E-state index in [0.717, 1.165) is 59.7 Å². The summed E-state index contributed by atoms with van der Waals surface area (Å²) in [7, 11) is 2.12. The van der Waals surface area contributed by atoms with Crippen LogP contribution in [0.5, 0.6) is 0 Å². The Morgan fingerprint density at radius 3 is 2.57 bits per heavy atom. The van der Waals surface area contributed by atoms with E-state index in [9.17, 15) is 4.39 Å². The first kappa shape index (κ1) is 20.9. The Balaban J connectivity index is 1.48. The van der Waals surface area contributed by atoms with Gasteiger partial charge in [-0.3, -0.25) is 4.90 Å². The minimum absolute atomic E-state index is 0.432. The summed E-state index contributed by atoms with van der Waals surface area (Å²) < 4.78 is 13.4. The van der Waals surface area contributed by atoms with Crippen molar-refractivity contribution in [2.24, 2.45) is 4.99 Å². The van der Waals surface area contributed by atoms with Crippen LogP contribution in [0.4, 0.5) is 21.6 Å². The van der Waals surface area contributed by atoms with Crippen LogP contribution in [0.3, 0.4) is 0 Å². The second kappa shape index (κ2) is 9.18. The Morgan fingerprint density at radius 1 is 1.17 bits per heavy atom. The van der Waals surface area contributed by atoms with Gasteiger partial charge in [0.2, 0.25) is 0 Å². The fraction of sp³-hybridized carbons (Fsp3) is 0.391. The minimum Gasteiger partial charge on any atom is -0.354 e. The lowest BCUT2D eigenvalue weighted by Crippen LogP contribution is -2.42. The molecule has 1 aromatic carbocycles. The molecule has 0 radical (unpaired) electrons. The first-order chi connectivity index (χ1) is 14.5. The molecular formula is C23H28FN5S. The summed E-state index contributed by atoms with van der Waals surface area (Å²) in [6, 6.07) is 12.3. The number of piperazine rings is 1. The van der Waals surface area contributed by atoms with E-state index in [1.807, 2.05) is 41.6 Å². The zero-order valence-electron chi connectivity index (χ0n) is 17.6. The fourth-order valence-corrected chi connectivity index (χ4v) is 4.45. The number of hydrogen-bond donors (Lipinski definition) is 0. The largest absolute Gasteiger partial charge is 0.354 e. The summed E-state index contributed by atoms with van der Waals surface area (Å²) in [4.78, 5) is 15.9. The number of halogens is 1. The molecule has 2 saturated heterocycles. The van der Waals surface area contributed by atoms with Crippen LogP contribution >= 0.6 is 11.8 Å². The lowest BCUT2D eigenvalue weighted by atomic mass is 10.2. The fourth-order valence-electron chi connectivity index (χ4n) is 3.89. The van der Waals surface area contributed by atoms with E-state index >= 15 is 0 Å². The molecule has 158 valence electrons. The van der Waals surface area contributed by atoms with Crippen molar-refractivity contribution in [3.05, 3.63) is 60.4 Å². The highest BCUT2D eigenvalue weighted by atomic mass is 32.2. The predicted molar refractivity (Wildman–Crippen MR) is 126 cm³/mol. The number of anilines is 2. The first-order valence-electron chi connectivity index (χ1n) is 10.3. The van der Waals surface area contributed by atoms with Crippen molar-refractivity contribution in [1.29, 1.82) is 0 Å². The predicted octanol–water partition coefficient (Wildman–Crippen LogP) is 4.34. The van der Waals surface area contributed by atoms with Crippen molar-refractivity contribution in [2.75, 3.05) is 55.8 Å².